The minimum absolute atomic E-state index is 0.0792. The molecule has 0 spiro atoms. The fourth-order valence-corrected chi connectivity index (χ4v) is 1.19. The van der Waals surface area contributed by atoms with Crippen LogP contribution in [-0.4, -0.2) is 16.1 Å². The van der Waals surface area contributed by atoms with Gasteiger partial charge in [0, 0.05) is 6.20 Å². The van der Waals surface area contributed by atoms with Gasteiger partial charge in [-0.3, -0.25) is 9.78 Å². The van der Waals surface area contributed by atoms with E-state index in [1.807, 2.05) is 26.8 Å². The van der Waals surface area contributed by atoms with Gasteiger partial charge in [0.05, 0.1) is 16.6 Å². The van der Waals surface area contributed by atoms with Crippen LogP contribution in [0.1, 0.15) is 19.5 Å². The van der Waals surface area contributed by atoms with E-state index in [-0.39, 0.29) is 17.1 Å². The van der Waals surface area contributed by atoms with E-state index >= 15 is 0 Å². The van der Waals surface area contributed by atoms with Crippen molar-refractivity contribution in [1.29, 1.82) is 0 Å². The second-order valence-corrected chi connectivity index (χ2v) is 4.37. The smallest absolute Gasteiger partial charge is 0.237 e. The van der Waals surface area contributed by atoms with E-state index in [1.165, 1.54) is 0 Å². The van der Waals surface area contributed by atoms with Crippen LogP contribution in [0, 0.1) is 12.8 Å². The highest BCUT2D eigenvalue weighted by molar-refractivity contribution is 7.81. The van der Waals surface area contributed by atoms with Crippen LogP contribution in [0.2, 0.25) is 0 Å². The highest BCUT2D eigenvalue weighted by Gasteiger charge is 2.18. The molecule has 1 aromatic heterocycles. The number of carbonyl (C=O) groups excluding carboxylic acids is 1. The topological polar surface area (TPSA) is 42.0 Å². The molecule has 1 unspecified atom stereocenters. The molecule has 0 aliphatic heterocycles. The maximum Gasteiger partial charge on any atom is 0.237 e. The molecule has 0 saturated carbocycles. The second-order valence-electron chi connectivity index (χ2n) is 3.81. The molecule has 1 aromatic rings. The average molecular weight is 224 g/mol. The Morgan fingerprint density at radius 3 is 2.73 bits per heavy atom. The van der Waals surface area contributed by atoms with Gasteiger partial charge in [-0.2, -0.15) is 12.6 Å². The van der Waals surface area contributed by atoms with Crippen LogP contribution in [0.3, 0.4) is 0 Å². The van der Waals surface area contributed by atoms with Gasteiger partial charge in [0.15, 0.2) is 0 Å². The fraction of sp³-hybridized carbons (Fsp3) is 0.455. The van der Waals surface area contributed by atoms with Crippen molar-refractivity contribution in [3.05, 3.63) is 24.0 Å². The minimum Gasteiger partial charge on any atom is -0.324 e. The van der Waals surface area contributed by atoms with Crippen LogP contribution in [0.15, 0.2) is 18.3 Å². The molecule has 3 nitrogen and oxygen atoms in total. The quantitative estimate of drug-likeness (QED) is 0.773. The average Bonchev–Trinajstić information content (AvgIpc) is 2.20. The van der Waals surface area contributed by atoms with Crippen molar-refractivity contribution in [2.45, 2.75) is 26.0 Å². The highest BCUT2D eigenvalue weighted by Crippen LogP contribution is 2.15. The minimum atomic E-state index is -0.287. The molecule has 0 bridgehead atoms. The number of rotatable bonds is 3. The summed E-state index contributed by atoms with van der Waals surface area (Å²) in [7, 11) is 0. The first kappa shape index (κ1) is 12.0. The number of nitrogens with one attached hydrogen (secondary N) is 1. The number of anilines is 1. The molecule has 0 aromatic carbocycles. The van der Waals surface area contributed by atoms with E-state index in [0.29, 0.717) is 0 Å². The van der Waals surface area contributed by atoms with Gasteiger partial charge in [0.2, 0.25) is 5.91 Å². The number of carbonyl (C=O) groups is 1. The molecule has 1 rings (SSSR count). The Balaban J connectivity index is 2.71. The Hall–Kier alpha value is -1.03. The molecule has 0 aliphatic rings. The lowest BCUT2D eigenvalue weighted by Gasteiger charge is -2.15. The summed E-state index contributed by atoms with van der Waals surface area (Å²) in [6, 6.07) is 3.63. The molecule has 1 heterocycles. The number of thiol groups is 1. The van der Waals surface area contributed by atoms with Crippen LogP contribution >= 0.6 is 12.6 Å². The van der Waals surface area contributed by atoms with Crippen molar-refractivity contribution >= 4 is 24.2 Å². The van der Waals surface area contributed by atoms with E-state index in [4.69, 9.17) is 0 Å². The summed E-state index contributed by atoms with van der Waals surface area (Å²) in [5.74, 6) is 0.134. The zero-order valence-electron chi connectivity index (χ0n) is 9.19. The summed E-state index contributed by atoms with van der Waals surface area (Å²) in [6.07, 6.45) is 1.70. The number of aromatic nitrogens is 1. The lowest BCUT2D eigenvalue weighted by atomic mass is 10.1. The van der Waals surface area contributed by atoms with E-state index in [1.54, 1.807) is 12.3 Å². The van der Waals surface area contributed by atoms with Gasteiger partial charge in [-0.15, -0.1) is 0 Å². The summed E-state index contributed by atoms with van der Waals surface area (Å²) < 4.78 is 0. The zero-order chi connectivity index (χ0) is 11.4. The Labute approximate surface area is 95.7 Å². The molecule has 4 heteroatoms. The molecular weight excluding hydrogens is 208 g/mol. The Bertz CT molecular complexity index is 352. The first-order valence-corrected chi connectivity index (χ1v) is 5.44. The van der Waals surface area contributed by atoms with E-state index in [9.17, 15) is 4.79 Å². The van der Waals surface area contributed by atoms with Gasteiger partial charge in [-0.25, -0.2) is 0 Å². The molecule has 1 N–H and O–H groups in total. The predicted octanol–water partition coefficient (Wildman–Crippen LogP) is 2.28. The fourth-order valence-electron chi connectivity index (χ4n) is 1.13. The van der Waals surface area contributed by atoms with Crippen LogP contribution in [0.4, 0.5) is 5.69 Å². The molecule has 0 fully saturated rings. The Kier molecular flexibility index (Phi) is 4.15. The van der Waals surface area contributed by atoms with Crippen molar-refractivity contribution in [3.8, 4) is 0 Å². The molecule has 82 valence electrons. The standard InChI is InChI=1S/C11H16N2OS/c1-7(2)10(15)11(14)13-9-5-4-6-12-8(9)3/h4-7,10,15H,1-3H3,(H,13,14). The van der Waals surface area contributed by atoms with Crippen LogP contribution in [0.5, 0.6) is 0 Å². The number of hydrogen-bond acceptors (Lipinski definition) is 3. The molecule has 1 atom stereocenters. The van der Waals surface area contributed by atoms with Gasteiger partial charge >= 0.3 is 0 Å². The molecule has 1 amide bonds. The largest absolute Gasteiger partial charge is 0.324 e. The molecular formula is C11H16N2OS. The van der Waals surface area contributed by atoms with Crippen molar-refractivity contribution in [2.75, 3.05) is 5.32 Å². The van der Waals surface area contributed by atoms with Gasteiger partial charge in [0.1, 0.15) is 0 Å². The normalized spacial score (nSPS) is 12.6. The van der Waals surface area contributed by atoms with Crippen LogP contribution in [0.25, 0.3) is 0 Å². The van der Waals surface area contributed by atoms with Crippen molar-refractivity contribution < 1.29 is 4.79 Å². The SMILES string of the molecule is Cc1ncccc1NC(=O)C(S)C(C)C. The summed E-state index contributed by atoms with van der Waals surface area (Å²) in [6.45, 7) is 5.79. The Morgan fingerprint density at radius 1 is 1.53 bits per heavy atom. The Morgan fingerprint density at radius 2 is 2.20 bits per heavy atom. The number of nitrogens with zero attached hydrogens (tertiary/aromatic N) is 1. The first-order chi connectivity index (χ1) is 7.02. The van der Waals surface area contributed by atoms with Gasteiger partial charge in [0.25, 0.3) is 0 Å². The summed E-state index contributed by atoms with van der Waals surface area (Å²) in [5, 5.41) is 2.53. The molecule has 0 saturated heterocycles. The number of amides is 1. The van der Waals surface area contributed by atoms with Gasteiger partial charge in [-0.05, 0) is 25.0 Å². The van der Waals surface area contributed by atoms with Gasteiger partial charge < -0.3 is 5.32 Å². The van der Waals surface area contributed by atoms with Gasteiger partial charge in [-0.1, -0.05) is 13.8 Å². The van der Waals surface area contributed by atoms with Crippen LogP contribution in [-0.2, 0) is 4.79 Å². The predicted molar refractivity (Wildman–Crippen MR) is 65.2 cm³/mol. The third kappa shape index (κ3) is 3.23. The van der Waals surface area contributed by atoms with Crippen molar-refractivity contribution in [2.24, 2.45) is 5.92 Å². The monoisotopic (exact) mass is 224 g/mol. The highest BCUT2D eigenvalue weighted by atomic mass is 32.1. The maximum absolute atomic E-state index is 11.7. The molecule has 0 aliphatic carbocycles. The second kappa shape index (κ2) is 5.16. The van der Waals surface area contributed by atoms with Crippen molar-refractivity contribution in [3.63, 3.8) is 0 Å². The van der Waals surface area contributed by atoms with E-state index in [2.05, 4.69) is 22.9 Å². The third-order valence-corrected chi connectivity index (χ3v) is 3.00. The summed E-state index contributed by atoms with van der Waals surface area (Å²) in [5.41, 5.74) is 1.57. The number of pyridine rings is 1. The first-order valence-electron chi connectivity index (χ1n) is 4.93. The lowest BCUT2D eigenvalue weighted by molar-refractivity contribution is -0.116. The molecule has 15 heavy (non-hydrogen) atoms. The zero-order valence-corrected chi connectivity index (χ0v) is 10.1. The maximum atomic E-state index is 11.7. The summed E-state index contributed by atoms with van der Waals surface area (Å²) >= 11 is 4.25. The molecule has 0 radical (unpaired) electrons. The number of hydrogen-bond donors (Lipinski definition) is 2. The van der Waals surface area contributed by atoms with E-state index < -0.39 is 0 Å². The van der Waals surface area contributed by atoms with Crippen LogP contribution < -0.4 is 5.32 Å². The lowest BCUT2D eigenvalue weighted by Crippen LogP contribution is -2.27. The number of aryl methyl sites for hydroxylation is 1. The van der Waals surface area contributed by atoms with Crippen molar-refractivity contribution in [1.82, 2.24) is 4.98 Å². The third-order valence-electron chi connectivity index (χ3n) is 2.16. The summed E-state index contributed by atoms with van der Waals surface area (Å²) in [4.78, 5) is 15.8. The van der Waals surface area contributed by atoms with E-state index in [0.717, 1.165) is 11.4 Å².